The minimum atomic E-state index is -0.778. The number of benzene rings is 1. The molecule has 0 aliphatic carbocycles. The van der Waals surface area contributed by atoms with Crippen molar-refractivity contribution in [2.24, 2.45) is 0 Å². The molecular formula is C17H18N4O6. The first-order chi connectivity index (χ1) is 12.9. The van der Waals surface area contributed by atoms with E-state index in [1.807, 2.05) is 5.32 Å². The van der Waals surface area contributed by atoms with Crippen LogP contribution in [0.1, 0.15) is 15.9 Å². The second kappa shape index (κ2) is 9.13. The third-order valence-electron chi connectivity index (χ3n) is 3.46. The van der Waals surface area contributed by atoms with Gasteiger partial charge in [0.25, 0.3) is 5.91 Å². The highest BCUT2D eigenvalue weighted by atomic mass is 16.5. The zero-order valence-electron chi connectivity index (χ0n) is 14.3. The van der Waals surface area contributed by atoms with E-state index in [2.05, 4.69) is 17.2 Å². The van der Waals surface area contributed by atoms with Gasteiger partial charge in [-0.2, -0.15) is 0 Å². The van der Waals surface area contributed by atoms with Crippen LogP contribution in [0, 0.1) is 0 Å². The van der Waals surface area contributed by atoms with E-state index in [0.29, 0.717) is 5.56 Å². The van der Waals surface area contributed by atoms with Crippen molar-refractivity contribution in [2.75, 3.05) is 19.7 Å². The van der Waals surface area contributed by atoms with Crippen LogP contribution in [0.15, 0.2) is 36.9 Å². The van der Waals surface area contributed by atoms with Crippen LogP contribution < -0.4 is 16.0 Å². The van der Waals surface area contributed by atoms with Crippen molar-refractivity contribution in [3.8, 4) is 0 Å². The predicted molar refractivity (Wildman–Crippen MR) is 92.4 cm³/mol. The highest BCUT2D eigenvalue weighted by Crippen LogP contribution is 2.11. The van der Waals surface area contributed by atoms with E-state index in [1.54, 1.807) is 12.1 Å². The maximum Gasteiger partial charge on any atom is 0.338 e. The average molecular weight is 374 g/mol. The fraction of sp³-hybridized carbons (Fsp3) is 0.235. The molecule has 0 aromatic heterocycles. The molecule has 0 spiro atoms. The number of esters is 1. The topological polar surface area (TPSA) is 134 Å². The van der Waals surface area contributed by atoms with Crippen LogP contribution in [0.25, 0.3) is 0 Å². The van der Waals surface area contributed by atoms with Gasteiger partial charge >= 0.3 is 18.0 Å². The Balaban J connectivity index is 1.82. The lowest BCUT2D eigenvalue weighted by atomic mass is 10.1. The molecule has 1 aromatic rings. The number of hydrogen-bond acceptors (Lipinski definition) is 6. The highest BCUT2D eigenvalue weighted by molar-refractivity contribution is 6.02. The summed E-state index contributed by atoms with van der Waals surface area (Å²) >= 11 is 0. The third-order valence-corrected chi connectivity index (χ3v) is 3.46. The number of urea groups is 2. The number of ether oxygens (including phenoxy) is 1. The van der Waals surface area contributed by atoms with Gasteiger partial charge in [-0.15, -0.1) is 6.58 Å². The first-order valence-electron chi connectivity index (χ1n) is 7.93. The number of rotatable bonds is 7. The molecule has 1 fully saturated rings. The first-order valence-corrected chi connectivity index (χ1v) is 7.93. The molecule has 0 atom stereocenters. The van der Waals surface area contributed by atoms with Crippen LogP contribution in [-0.4, -0.2) is 54.4 Å². The minimum absolute atomic E-state index is 0.0308. The van der Waals surface area contributed by atoms with Gasteiger partial charge in [-0.1, -0.05) is 18.2 Å². The summed E-state index contributed by atoms with van der Waals surface area (Å²) in [5.41, 5.74) is 0.827. The second-order valence-electron chi connectivity index (χ2n) is 5.46. The van der Waals surface area contributed by atoms with Crippen molar-refractivity contribution in [1.82, 2.24) is 20.9 Å². The normalized spacial score (nSPS) is 13.0. The molecule has 3 N–H and O–H groups in total. The monoisotopic (exact) mass is 374 g/mol. The van der Waals surface area contributed by atoms with Gasteiger partial charge in [0.05, 0.1) is 18.7 Å². The second-order valence-corrected chi connectivity index (χ2v) is 5.46. The number of carbonyl (C=O) groups excluding carboxylic acids is 5. The van der Waals surface area contributed by atoms with Crippen molar-refractivity contribution in [1.29, 1.82) is 0 Å². The van der Waals surface area contributed by atoms with Gasteiger partial charge in [0.15, 0.2) is 6.61 Å². The number of imide groups is 2. The maximum atomic E-state index is 11.9. The lowest BCUT2D eigenvalue weighted by Gasteiger charge is -2.12. The summed E-state index contributed by atoms with van der Waals surface area (Å²) in [4.78, 5) is 58.8. The molecule has 10 nitrogen and oxygen atoms in total. The molecule has 142 valence electrons. The average Bonchev–Trinajstić information content (AvgIpc) is 2.97. The smallest absolute Gasteiger partial charge is 0.338 e. The Morgan fingerprint density at radius 1 is 1.22 bits per heavy atom. The summed E-state index contributed by atoms with van der Waals surface area (Å²) in [5.74, 6) is -1.86. The van der Waals surface area contributed by atoms with Gasteiger partial charge in [-0.25, -0.2) is 14.4 Å². The highest BCUT2D eigenvalue weighted by Gasteiger charge is 2.28. The molecule has 27 heavy (non-hydrogen) atoms. The van der Waals surface area contributed by atoms with E-state index >= 15 is 0 Å². The largest absolute Gasteiger partial charge is 0.452 e. The van der Waals surface area contributed by atoms with Crippen LogP contribution in [0.5, 0.6) is 0 Å². The van der Waals surface area contributed by atoms with Crippen molar-refractivity contribution < 1.29 is 28.7 Å². The molecule has 1 heterocycles. The molecular weight excluding hydrogens is 356 g/mol. The summed E-state index contributed by atoms with van der Waals surface area (Å²) in [6, 6.07) is 4.85. The molecule has 0 bridgehead atoms. The molecule has 1 aliphatic rings. The molecule has 1 aromatic carbocycles. The van der Waals surface area contributed by atoms with Crippen molar-refractivity contribution in [3.63, 3.8) is 0 Å². The van der Waals surface area contributed by atoms with Gasteiger partial charge in [-0.05, 0) is 17.7 Å². The molecule has 1 saturated heterocycles. The van der Waals surface area contributed by atoms with E-state index in [0.717, 1.165) is 4.90 Å². The Hall–Kier alpha value is -3.69. The van der Waals surface area contributed by atoms with E-state index in [9.17, 15) is 24.0 Å². The summed E-state index contributed by atoms with van der Waals surface area (Å²) in [6.45, 7) is 3.04. The van der Waals surface area contributed by atoms with Gasteiger partial charge in [-0.3, -0.25) is 19.8 Å². The summed E-state index contributed by atoms with van der Waals surface area (Å²) in [5, 5.41) is 6.74. The lowest BCUT2D eigenvalue weighted by molar-refractivity contribution is -0.125. The Bertz CT molecular complexity index is 758. The number of carbonyl (C=O) groups is 5. The Labute approximate surface area is 154 Å². The van der Waals surface area contributed by atoms with E-state index in [1.165, 1.54) is 18.2 Å². The summed E-state index contributed by atoms with van der Waals surface area (Å²) < 4.78 is 4.82. The Morgan fingerprint density at radius 2 is 1.93 bits per heavy atom. The van der Waals surface area contributed by atoms with Gasteiger partial charge < -0.3 is 15.4 Å². The minimum Gasteiger partial charge on any atom is -0.452 e. The zero-order valence-corrected chi connectivity index (χ0v) is 14.3. The number of amides is 6. The predicted octanol–water partition coefficient (Wildman–Crippen LogP) is -0.0930. The summed E-state index contributed by atoms with van der Waals surface area (Å²) in [7, 11) is 0. The van der Waals surface area contributed by atoms with E-state index in [4.69, 9.17) is 4.74 Å². The van der Waals surface area contributed by atoms with Crippen molar-refractivity contribution >= 4 is 29.8 Å². The van der Waals surface area contributed by atoms with Crippen LogP contribution in [0.4, 0.5) is 9.59 Å². The van der Waals surface area contributed by atoms with Crippen molar-refractivity contribution in [3.05, 3.63) is 48.0 Å². The molecule has 0 unspecified atom stereocenters. The van der Waals surface area contributed by atoms with Gasteiger partial charge in [0.2, 0.25) is 5.91 Å². The third kappa shape index (κ3) is 5.66. The molecule has 0 saturated carbocycles. The van der Waals surface area contributed by atoms with Crippen LogP contribution in [-0.2, 0) is 20.9 Å². The Kier molecular flexibility index (Phi) is 6.64. The lowest BCUT2D eigenvalue weighted by Crippen LogP contribution is -2.41. The molecule has 10 heteroatoms. The molecule has 1 aliphatic heterocycles. The Morgan fingerprint density at radius 3 is 2.52 bits per heavy atom. The quantitative estimate of drug-likeness (QED) is 0.347. The van der Waals surface area contributed by atoms with Crippen LogP contribution in [0.2, 0.25) is 0 Å². The zero-order chi connectivity index (χ0) is 19.8. The SMILES string of the molecule is C=CCNC(=O)NC(=O)COC(=O)c1ccc(CN2C(=O)CNC2=O)cc1. The fourth-order valence-electron chi connectivity index (χ4n) is 2.13. The van der Waals surface area contributed by atoms with Crippen LogP contribution >= 0.6 is 0 Å². The number of hydrogen-bond donors (Lipinski definition) is 3. The summed E-state index contributed by atoms with van der Waals surface area (Å²) in [6.07, 6.45) is 1.44. The van der Waals surface area contributed by atoms with E-state index < -0.39 is 30.5 Å². The fourth-order valence-corrected chi connectivity index (χ4v) is 2.13. The maximum absolute atomic E-state index is 11.9. The van der Waals surface area contributed by atoms with Crippen LogP contribution in [0.3, 0.4) is 0 Å². The van der Waals surface area contributed by atoms with Gasteiger partial charge in [0, 0.05) is 6.54 Å². The standard InChI is InChI=1S/C17H18N4O6/c1-2-7-18-16(25)20-13(22)10-27-15(24)12-5-3-11(4-6-12)9-21-14(23)8-19-17(21)26/h2-6H,1,7-10H2,(H,19,26)(H2,18,20,22,25). The first kappa shape index (κ1) is 19.6. The van der Waals surface area contributed by atoms with Gasteiger partial charge in [0.1, 0.15) is 0 Å². The molecule has 0 radical (unpaired) electrons. The van der Waals surface area contributed by atoms with Crippen molar-refractivity contribution in [2.45, 2.75) is 6.54 Å². The molecule has 6 amide bonds. The number of nitrogens with zero attached hydrogens (tertiary/aromatic N) is 1. The molecule has 2 rings (SSSR count). The van der Waals surface area contributed by atoms with E-state index in [-0.39, 0.29) is 31.1 Å². The number of nitrogens with one attached hydrogen (secondary N) is 3.